The largest absolute Gasteiger partial charge is 0.379 e. The van der Waals surface area contributed by atoms with Crippen LogP contribution in [0.1, 0.15) is 58.8 Å². The van der Waals surface area contributed by atoms with Gasteiger partial charge in [-0.15, -0.1) is 0 Å². The molecule has 0 heterocycles. The lowest BCUT2D eigenvalue weighted by Crippen LogP contribution is -2.06. The standard InChI is InChI=1S/C13H28O2/c1-3-5-7-9-11-15-13-12-14-10-8-6-4-2/h3-13H2,1-2H3. The third-order valence-corrected chi connectivity index (χ3v) is 2.41. The first-order valence-electron chi connectivity index (χ1n) is 6.57. The number of ether oxygens (including phenoxy) is 2. The molecular formula is C13H28O2. The molecule has 0 radical (unpaired) electrons. The van der Waals surface area contributed by atoms with Crippen molar-refractivity contribution in [3.8, 4) is 0 Å². The Hall–Kier alpha value is -0.0800. The second-order valence-electron chi connectivity index (χ2n) is 3.99. The van der Waals surface area contributed by atoms with Gasteiger partial charge in [0.25, 0.3) is 0 Å². The zero-order valence-corrected chi connectivity index (χ0v) is 10.6. The summed E-state index contributed by atoms with van der Waals surface area (Å²) in [5.41, 5.74) is 0. The maximum absolute atomic E-state index is 5.46. The van der Waals surface area contributed by atoms with Gasteiger partial charge in [0, 0.05) is 13.2 Å². The fraction of sp³-hybridized carbons (Fsp3) is 1.00. The molecule has 0 spiro atoms. The lowest BCUT2D eigenvalue weighted by Gasteiger charge is -2.05. The minimum absolute atomic E-state index is 0.761. The van der Waals surface area contributed by atoms with Crippen molar-refractivity contribution >= 4 is 0 Å². The second-order valence-corrected chi connectivity index (χ2v) is 3.99. The Labute approximate surface area is 95.3 Å². The van der Waals surface area contributed by atoms with Crippen molar-refractivity contribution in [3.63, 3.8) is 0 Å². The molecule has 0 N–H and O–H groups in total. The molecule has 0 amide bonds. The van der Waals surface area contributed by atoms with Gasteiger partial charge in [0.2, 0.25) is 0 Å². The average Bonchev–Trinajstić information content (AvgIpc) is 2.26. The zero-order chi connectivity index (χ0) is 11.2. The van der Waals surface area contributed by atoms with E-state index >= 15 is 0 Å². The summed E-state index contributed by atoms with van der Waals surface area (Å²) in [7, 11) is 0. The highest BCUT2D eigenvalue weighted by Gasteiger charge is 1.91. The van der Waals surface area contributed by atoms with Gasteiger partial charge in [-0.2, -0.15) is 0 Å². The van der Waals surface area contributed by atoms with Crippen LogP contribution in [-0.4, -0.2) is 26.4 Å². The lowest BCUT2D eigenvalue weighted by atomic mass is 10.2. The van der Waals surface area contributed by atoms with Crippen LogP contribution in [0.2, 0.25) is 0 Å². The van der Waals surface area contributed by atoms with Crippen molar-refractivity contribution < 1.29 is 9.47 Å². The molecule has 0 saturated carbocycles. The highest BCUT2D eigenvalue weighted by Crippen LogP contribution is 1.98. The summed E-state index contributed by atoms with van der Waals surface area (Å²) >= 11 is 0. The Morgan fingerprint density at radius 2 is 1.00 bits per heavy atom. The van der Waals surface area contributed by atoms with Crippen molar-refractivity contribution in [2.75, 3.05) is 26.4 Å². The summed E-state index contributed by atoms with van der Waals surface area (Å²) in [4.78, 5) is 0. The molecule has 2 nitrogen and oxygen atoms in total. The predicted molar refractivity (Wildman–Crippen MR) is 65.3 cm³/mol. The van der Waals surface area contributed by atoms with Gasteiger partial charge in [-0.3, -0.25) is 0 Å². The molecule has 0 atom stereocenters. The van der Waals surface area contributed by atoms with E-state index < -0.39 is 0 Å². The number of rotatable bonds is 12. The van der Waals surface area contributed by atoms with Crippen LogP contribution in [0.4, 0.5) is 0 Å². The van der Waals surface area contributed by atoms with Crippen molar-refractivity contribution in [1.82, 2.24) is 0 Å². The van der Waals surface area contributed by atoms with Crippen LogP contribution in [0, 0.1) is 0 Å². The van der Waals surface area contributed by atoms with Crippen molar-refractivity contribution in [1.29, 1.82) is 0 Å². The van der Waals surface area contributed by atoms with Crippen molar-refractivity contribution in [2.45, 2.75) is 58.8 Å². The van der Waals surface area contributed by atoms with Gasteiger partial charge < -0.3 is 9.47 Å². The van der Waals surface area contributed by atoms with E-state index in [1.165, 1.54) is 44.9 Å². The van der Waals surface area contributed by atoms with Crippen LogP contribution in [0.3, 0.4) is 0 Å². The van der Waals surface area contributed by atoms with Crippen LogP contribution in [0.15, 0.2) is 0 Å². The van der Waals surface area contributed by atoms with Gasteiger partial charge in [0.1, 0.15) is 0 Å². The summed E-state index contributed by atoms with van der Waals surface area (Å²) in [5.74, 6) is 0. The molecular weight excluding hydrogens is 188 g/mol. The highest BCUT2D eigenvalue weighted by molar-refractivity contribution is 4.40. The van der Waals surface area contributed by atoms with Gasteiger partial charge in [-0.1, -0.05) is 46.0 Å². The van der Waals surface area contributed by atoms with Crippen LogP contribution in [-0.2, 0) is 9.47 Å². The molecule has 0 aliphatic heterocycles. The molecule has 0 saturated heterocycles. The molecule has 0 bridgehead atoms. The van der Waals surface area contributed by atoms with E-state index in [0.717, 1.165) is 26.4 Å². The molecule has 0 unspecified atom stereocenters. The summed E-state index contributed by atoms with van der Waals surface area (Å²) in [6.07, 6.45) is 8.84. The predicted octanol–water partition coefficient (Wildman–Crippen LogP) is 3.79. The highest BCUT2D eigenvalue weighted by atomic mass is 16.5. The molecule has 0 aromatic heterocycles. The van der Waals surface area contributed by atoms with Gasteiger partial charge in [-0.25, -0.2) is 0 Å². The lowest BCUT2D eigenvalue weighted by molar-refractivity contribution is 0.0450. The molecule has 92 valence electrons. The maximum atomic E-state index is 5.46. The minimum atomic E-state index is 0.761. The van der Waals surface area contributed by atoms with Crippen LogP contribution in [0.25, 0.3) is 0 Å². The monoisotopic (exact) mass is 216 g/mol. The average molecular weight is 216 g/mol. The minimum Gasteiger partial charge on any atom is -0.379 e. The summed E-state index contributed by atoms with van der Waals surface area (Å²) in [5, 5.41) is 0. The Morgan fingerprint density at radius 3 is 1.53 bits per heavy atom. The Bertz CT molecular complexity index is 92.7. The maximum Gasteiger partial charge on any atom is 0.0700 e. The second kappa shape index (κ2) is 13.9. The molecule has 0 aromatic carbocycles. The molecule has 15 heavy (non-hydrogen) atoms. The van der Waals surface area contributed by atoms with Crippen LogP contribution < -0.4 is 0 Å². The van der Waals surface area contributed by atoms with Crippen LogP contribution >= 0.6 is 0 Å². The Kier molecular flexibility index (Phi) is 13.8. The first-order valence-corrected chi connectivity index (χ1v) is 6.57. The first-order chi connectivity index (χ1) is 7.41. The smallest absolute Gasteiger partial charge is 0.0700 e. The topological polar surface area (TPSA) is 18.5 Å². The fourth-order valence-corrected chi connectivity index (χ4v) is 1.41. The first kappa shape index (κ1) is 14.9. The van der Waals surface area contributed by atoms with Crippen LogP contribution in [0.5, 0.6) is 0 Å². The normalized spacial score (nSPS) is 10.8. The van der Waals surface area contributed by atoms with E-state index in [0.29, 0.717) is 0 Å². The number of hydrogen-bond donors (Lipinski definition) is 0. The molecule has 0 aromatic rings. The Balaban J connectivity index is 2.81. The summed E-state index contributed by atoms with van der Waals surface area (Å²) in [6.45, 7) is 7.76. The zero-order valence-electron chi connectivity index (χ0n) is 10.6. The number of unbranched alkanes of at least 4 members (excludes halogenated alkanes) is 5. The van der Waals surface area contributed by atoms with Crippen molar-refractivity contribution in [3.05, 3.63) is 0 Å². The van der Waals surface area contributed by atoms with E-state index in [1.54, 1.807) is 0 Å². The van der Waals surface area contributed by atoms with Gasteiger partial charge in [0.15, 0.2) is 0 Å². The summed E-state index contributed by atoms with van der Waals surface area (Å²) in [6, 6.07) is 0. The van der Waals surface area contributed by atoms with E-state index in [9.17, 15) is 0 Å². The third kappa shape index (κ3) is 13.9. The van der Waals surface area contributed by atoms with Gasteiger partial charge >= 0.3 is 0 Å². The van der Waals surface area contributed by atoms with Gasteiger partial charge in [-0.05, 0) is 12.8 Å². The van der Waals surface area contributed by atoms with E-state index in [-0.39, 0.29) is 0 Å². The molecule has 0 rings (SSSR count). The van der Waals surface area contributed by atoms with E-state index in [4.69, 9.17) is 9.47 Å². The molecule has 0 aliphatic rings. The fourth-order valence-electron chi connectivity index (χ4n) is 1.41. The van der Waals surface area contributed by atoms with Crippen molar-refractivity contribution in [2.24, 2.45) is 0 Å². The molecule has 0 fully saturated rings. The molecule has 2 heteroatoms. The van der Waals surface area contributed by atoms with E-state index in [1.807, 2.05) is 0 Å². The number of hydrogen-bond acceptors (Lipinski definition) is 2. The third-order valence-electron chi connectivity index (χ3n) is 2.41. The molecule has 0 aliphatic carbocycles. The quantitative estimate of drug-likeness (QED) is 0.462. The van der Waals surface area contributed by atoms with E-state index in [2.05, 4.69) is 13.8 Å². The Morgan fingerprint density at radius 1 is 0.533 bits per heavy atom. The van der Waals surface area contributed by atoms with Gasteiger partial charge in [0.05, 0.1) is 13.2 Å². The SMILES string of the molecule is CCCCCCOCCOCCCCC. The summed E-state index contributed by atoms with van der Waals surface area (Å²) < 4.78 is 10.9.